The maximum atomic E-state index is 13.1. The Balaban J connectivity index is 1.57. The van der Waals surface area contributed by atoms with Crippen molar-refractivity contribution in [2.45, 2.75) is 13.8 Å². The molecule has 1 amide bonds. The molecule has 0 radical (unpaired) electrons. The van der Waals surface area contributed by atoms with Crippen molar-refractivity contribution in [3.05, 3.63) is 41.9 Å². The first kappa shape index (κ1) is 18.7. The van der Waals surface area contributed by atoms with E-state index in [1.165, 1.54) is 0 Å². The predicted molar refractivity (Wildman–Crippen MR) is 106 cm³/mol. The van der Waals surface area contributed by atoms with E-state index in [2.05, 4.69) is 43.8 Å². The molecular formula is C20H27N7O. The number of hydrogen-bond acceptors (Lipinski definition) is 7. The number of amides is 1. The summed E-state index contributed by atoms with van der Waals surface area (Å²) in [6.07, 6.45) is 5.25. The standard InChI is InChI=1S/C20H27N7O/c1-14-7-17(24-15(2)23-14)19(28)27-10-16-9-26(18-8-21-5-6-22-18)12-20(16,13-27)11-25(3)4/h5-8,16H,9-13H2,1-4H3. The molecular weight excluding hydrogens is 354 g/mol. The van der Waals surface area contributed by atoms with Crippen LogP contribution in [0.1, 0.15) is 22.0 Å². The zero-order chi connectivity index (χ0) is 19.9. The molecule has 4 heterocycles. The first-order chi connectivity index (χ1) is 13.4. The van der Waals surface area contributed by atoms with E-state index >= 15 is 0 Å². The Hall–Kier alpha value is -2.61. The summed E-state index contributed by atoms with van der Waals surface area (Å²) >= 11 is 0. The van der Waals surface area contributed by atoms with Gasteiger partial charge in [0.05, 0.1) is 6.20 Å². The van der Waals surface area contributed by atoms with Gasteiger partial charge in [0.25, 0.3) is 5.91 Å². The molecule has 0 N–H and O–H groups in total. The third-order valence-corrected chi connectivity index (χ3v) is 5.74. The lowest BCUT2D eigenvalue weighted by molar-refractivity contribution is 0.0759. The van der Waals surface area contributed by atoms with Gasteiger partial charge in [0, 0.05) is 62.1 Å². The van der Waals surface area contributed by atoms with E-state index < -0.39 is 0 Å². The highest BCUT2D eigenvalue weighted by molar-refractivity contribution is 5.92. The van der Waals surface area contributed by atoms with E-state index in [4.69, 9.17) is 0 Å². The van der Waals surface area contributed by atoms with Crippen LogP contribution in [0.5, 0.6) is 0 Å². The van der Waals surface area contributed by atoms with Crippen LogP contribution in [0.15, 0.2) is 24.7 Å². The Labute approximate surface area is 165 Å². The molecule has 8 nitrogen and oxygen atoms in total. The van der Waals surface area contributed by atoms with Crippen LogP contribution in [0.4, 0.5) is 5.82 Å². The van der Waals surface area contributed by atoms with Crippen LogP contribution in [-0.2, 0) is 0 Å². The van der Waals surface area contributed by atoms with E-state index in [1.807, 2.05) is 24.9 Å². The van der Waals surface area contributed by atoms with Gasteiger partial charge in [0.15, 0.2) is 0 Å². The lowest BCUT2D eigenvalue weighted by Gasteiger charge is -2.32. The van der Waals surface area contributed by atoms with Gasteiger partial charge in [-0.05, 0) is 34.0 Å². The number of likely N-dealkylation sites (tertiary alicyclic amines) is 1. The number of carbonyl (C=O) groups is 1. The second-order valence-corrected chi connectivity index (χ2v) is 8.37. The molecule has 0 aliphatic carbocycles. The molecule has 2 unspecified atom stereocenters. The lowest BCUT2D eigenvalue weighted by Crippen LogP contribution is -2.43. The van der Waals surface area contributed by atoms with Crippen molar-refractivity contribution < 1.29 is 4.79 Å². The molecule has 8 heteroatoms. The highest BCUT2D eigenvalue weighted by Crippen LogP contribution is 2.44. The molecule has 28 heavy (non-hydrogen) atoms. The van der Waals surface area contributed by atoms with E-state index in [1.54, 1.807) is 18.5 Å². The summed E-state index contributed by atoms with van der Waals surface area (Å²) in [6, 6.07) is 1.79. The smallest absolute Gasteiger partial charge is 0.272 e. The average Bonchev–Trinajstić information content (AvgIpc) is 3.14. The van der Waals surface area contributed by atoms with Crippen molar-refractivity contribution in [1.82, 2.24) is 29.7 Å². The molecule has 0 saturated carbocycles. The summed E-state index contributed by atoms with van der Waals surface area (Å²) in [7, 11) is 4.19. The van der Waals surface area contributed by atoms with E-state index in [0.717, 1.165) is 44.2 Å². The van der Waals surface area contributed by atoms with Crippen LogP contribution in [0, 0.1) is 25.2 Å². The Morgan fingerprint density at radius 3 is 2.71 bits per heavy atom. The number of hydrogen-bond donors (Lipinski definition) is 0. The summed E-state index contributed by atoms with van der Waals surface area (Å²) in [4.78, 5) is 37.0. The molecule has 0 bridgehead atoms. The number of fused-ring (bicyclic) bond motifs is 1. The fourth-order valence-electron chi connectivity index (χ4n) is 4.81. The molecule has 2 atom stereocenters. The number of rotatable bonds is 4. The molecule has 2 aliphatic rings. The summed E-state index contributed by atoms with van der Waals surface area (Å²) in [5.41, 5.74) is 1.34. The third-order valence-electron chi connectivity index (χ3n) is 5.74. The van der Waals surface area contributed by atoms with Crippen molar-refractivity contribution in [2.24, 2.45) is 11.3 Å². The van der Waals surface area contributed by atoms with Crippen LogP contribution in [-0.4, -0.2) is 82.5 Å². The highest BCUT2D eigenvalue weighted by atomic mass is 16.2. The second kappa shape index (κ2) is 7.09. The third kappa shape index (κ3) is 3.44. The monoisotopic (exact) mass is 381 g/mol. The molecule has 2 aromatic rings. The van der Waals surface area contributed by atoms with Crippen molar-refractivity contribution in [3.8, 4) is 0 Å². The fraction of sp³-hybridized carbons (Fsp3) is 0.550. The molecule has 148 valence electrons. The Kier molecular flexibility index (Phi) is 4.74. The van der Waals surface area contributed by atoms with Crippen LogP contribution in [0.25, 0.3) is 0 Å². The van der Waals surface area contributed by atoms with E-state index in [0.29, 0.717) is 17.4 Å². The number of anilines is 1. The van der Waals surface area contributed by atoms with Gasteiger partial charge in [-0.1, -0.05) is 0 Å². The minimum absolute atomic E-state index is 0.00665. The number of nitrogens with zero attached hydrogens (tertiary/aromatic N) is 7. The topological polar surface area (TPSA) is 78.4 Å². The zero-order valence-corrected chi connectivity index (χ0v) is 17.0. The van der Waals surface area contributed by atoms with Gasteiger partial charge >= 0.3 is 0 Å². The predicted octanol–water partition coefficient (Wildman–Crippen LogP) is 1.02. The molecule has 2 saturated heterocycles. The number of carbonyl (C=O) groups excluding carboxylic acids is 1. The number of aryl methyl sites for hydroxylation is 2. The van der Waals surface area contributed by atoms with Gasteiger partial charge in [-0.2, -0.15) is 0 Å². The first-order valence-corrected chi connectivity index (χ1v) is 9.63. The van der Waals surface area contributed by atoms with Crippen molar-refractivity contribution in [3.63, 3.8) is 0 Å². The van der Waals surface area contributed by atoms with Gasteiger partial charge in [-0.15, -0.1) is 0 Å². The maximum Gasteiger partial charge on any atom is 0.272 e. The molecule has 0 spiro atoms. The van der Waals surface area contributed by atoms with Gasteiger partial charge in [0.2, 0.25) is 0 Å². The minimum atomic E-state index is 0.00665. The Morgan fingerprint density at radius 1 is 1.21 bits per heavy atom. The first-order valence-electron chi connectivity index (χ1n) is 9.63. The maximum absolute atomic E-state index is 13.1. The van der Waals surface area contributed by atoms with Crippen LogP contribution in [0.3, 0.4) is 0 Å². The summed E-state index contributed by atoms with van der Waals surface area (Å²) in [5, 5.41) is 0. The highest BCUT2D eigenvalue weighted by Gasteiger charge is 2.54. The SMILES string of the molecule is Cc1cc(C(=O)N2CC3CN(c4cnccn4)CC3(CN(C)C)C2)nc(C)n1. The lowest BCUT2D eigenvalue weighted by atomic mass is 9.80. The van der Waals surface area contributed by atoms with Gasteiger partial charge in [-0.25, -0.2) is 15.0 Å². The second-order valence-electron chi connectivity index (χ2n) is 8.37. The minimum Gasteiger partial charge on any atom is -0.354 e. The summed E-state index contributed by atoms with van der Waals surface area (Å²) in [6.45, 7) is 7.89. The molecule has 2 aliphatic heterocycles. The summed E-state index contributed by atoms with van der Waals surface area (Å²) < 4.78 is 0. The van der Waals surface area contributed by atoms with Gasteiger partial charge < -0.3 is 14.7 Å². The fourth-order valence-corrected chi connectivity index (χ4v) is 4.81. The number of aromatic nitrogens is 4. The average molecular weight is 381 g/mol. The molecule has 0 aromatic carbocycles. The van der Waals surface area contributed by atoms with Crippen LogP contribution >= 0.6 is 0 Å². The normalized spacial score (nSPS) is 24.1. The van der Waals surface area contributed by atoms with Crippen LogP contribution < -0.4 is 4.90 Å². The van der Waals surface area contributed by atoms with E-state index in [-0.39, 0.29) is 11.3 Å². The van der Waals surface area contributed by atoms with Crippen molar-refractivity contribution in [1.29, 1.82) is 0 Å². The van der Waals surface area contributed by atoms with Crippen molar-refractivity contribution in [2.75, 3.05) is 51.7 Å². The molecule has 2 aromatic heterocycles. The van der Waals surface area contributed by atoms with Gasteiger partial charge in [-0.3, -0.25) is 9.78 Å². The Bertz CT molecular complexity index is 852. The summed E-state index contributed by atoms with van der Waals surface area (Å²) in [5.74, 6) is 1.95. The molecule has 2 fully saturated rings. The zero-order valence-electron chi connectivity index (χ0n) is 17.0. The van der Waals surface area contributed by atoms with Crippen LogP contribution in [0.2, 0.25) is 0 Å². The quantitative estimate of drug-likeness (QED) is 0.782. The Morgan fingerprint density at radius 2 is 2.04 bits per heavy atom. The van der Waals surface area contributed by atoms with Gasteiger partial charge in [0.1, 0.15) is 17.3 Å². The van der Waals surface area contributed by atoms with Crippen molar-refractivity contribution >= 4 is 11.7 Å². The molecule has 4 rings (SSSR count). The largest absolute Gasteiger partial charge is 0.354 e. The van der Waals surface area contributed by atoms with E-state index in [9.17, 15) is 4.79 Å².